The fourth-order valence-electron chi connectivity index (χ4n) is 4.63. The molecule has 0 saturated carbocycles. The van der Waals surface area contributed by atoms with E-state index in [0.29, 0.717) is 50.1 Å². The third-order valence-electron chi connectivity index (χ3n) is 6.72. The van der Waals surface area contributed by atoms with Gasteiger partial charge >= 0.3 is 6.09 Å². The van der Waals surface area contributed by atoms with Crippen LogP contribution in [-0.4, -0.2) is 66.0 Å². The summed E-state index contributed by atoms with van der Waals surface area (Å²) in [6.45, 7) is 4.91. The molecule has 2 aliphatic rings. The average molecular weight is 606 g/mol. The fraction of sp³-hybridized carbons (Fsp3) is 0.300. The summed E-state index contributed by atoms with van der Waals surface area (Å²) < 4.78 is 11.9. The second-order valence-electron chi connectivity index (χ2n) is 9.81. The van der Waals surface area contributed by atoms with Crippen molar-refractivity contribution in [3.63, 3.8) is 0 Å². The first-order valence-corrected chi connectivity index (χ1v) is 15.3. The molecule has 2 N–H and O–H groups in total. The molecule has 1 amide bonds. The molecule has 2 aliphatic heterocycles. The van der Waals surface area contributed by atoms with Gasteiger partial charge in [0, 0.05) is 41.5 Å². The smallest absolute Gasteiger partial charge is 0.410 e. The SMILES string of the molecule is Cc1cccc(Sc2ccc(Nc3ncnc4cc(C#C[C@@H]5C[C@@H](OC(=O)N6CCOCC6)CN5)sc34)cc2Cl)c1. The summed E-state index contributed by atoms with van der Waals surface area (Å²) in [5.74, 6) is 7.26. The minimum absolute atomic E-state index is 0.0512. The van der Waals surface area contributed by atoms with Crippen molar-refractivity contribution in [3.05, 3.63) is 70.3 Å². The highest BCUT2D eigenvalue weighted by Gasteiger charge is 2.28. The van der Waals surface area contributed by atoms with Gasteiger partial charge in [-0.2, -0.15) is 0 Å². The van der Waals surface area contributed by atoms with Gasteiger partial charge in [0.25, 0.3) is 0 Å². The zero-order chi connectivity index (χ0) is 28.2. The van der Waals surface area contributed by atoms with Crippen LogP contribution < -0.4 is 10.6 Å². The zero-order valence-electron chi connectivity index (χ0n) is 22.4. The number of carbonyl (C=O) groups is 1. The molecule has 2 atom stereocenters. The molecule has 4 heterocycles. The van der Waals surface area contributed by atoms with E-state index in [1.165, 1.54) is 16.9 Å². The Bertz CT molecular complexity index is 1630. The van der Waals surface area contributed by atoms with Crippen LogP contribution in [0, 0.1) is 18.8 Å². The molecule has 2 saturated heterocycles. The molecule has 0 aliphatic carbocycles. The third kappa shape index (κ3) is 6.94. The largest absolute Gasteiger partial charge is 0.445 e. The van der Waals surface area contributed by atoms with Gasteiger partial charge in [-0.1, -0.05) is 52.9 Å². The number of morpholine rings is 1. The normalized spacial score (nSPS) is 18.6. The van der Waals surface area contributed by atoms with Crippen LogP contribution in [-0.2, 0) is 9.47 Å². The standard InChI is InChI=1S/C30H28ClN5O3S2/c1-19-3-2-4-23(13-19)40-27-8-6-21(15-25(27)31)35-29-28-26(33-18-34-29)16-24(41-28)7-5-20-14-22(17-32-20)39-30(37)36-9-11-38-12-10-36/h2-4,6,8,13,15-16,18,20,22,32H,9-12,14,17H2,1H3,(H,33,34,35)/t20-,22-/m1/s1. The number of ether oxygens (including phenoxy) is 2. The molecule has 0 unspecified atom stereocenters. The summed E-state index contributed by atoms with van der Waals surface area (Å²) in [6.07, 6.45) is 1.73. The molecular weight excluding hydrogens is 578 g/mol. The van der Waals surface area contributed by atoms with Gasteiger partial charge < -0.3 is 19.7 Å². The maximum Gasteiger partial charge on any atom is 0.410 e. The number of aromatic nitrogens is 2. The van der Waals surface area contributed by atoms with Crippen LogP contribution in [0.1, 0.15) is 16.9 Å². The van der Waals surface area contributed by atoms with Gasteiger partial charge in [-0.15, -0.1) is 11.3 Å². The van der Waals surface area contributed by atoms with Crippen LogP contribution in [0.5, 0.6) is 0 Å². The Morgan fingerprint density at radius 2 is 2.10 bits per heavy atom. The summed E-state index contributed by atoms with van der Waals surface area (Å²) in [7, 11) is 0. The van der Waals surface area contributed by atoms with Crippen LogP contribution >= 0.6 is 34.7 Å². The minimum atomic E-state index is -0.280. The predicted molar refractivity (Wildman–Crippen MR) is 163 cm³/mol. The van der Waals surface area contributed by atoms with Crippen LogP contribution in [0.15, 0.2) is 64.6 Å². The lowest BCUT2D eigenvalue weighted by molar-refractivity contribution is 0.0156. The lowest BCUT2D eigenvalue weighted by Gasteiger charge is -2.27. The zero-order valence-corrected chi connectivity index (χ0v) is 24.7. The molecule has 0 bridgehead atoms. The van der Waals surface area contributed by atoms with Crippen molar-refractivity contribution in [2.45, 2.75) is 35.3 Å². The molecule has 210 valence electrons. The number of carbonyl (C=O) groups excluding carboxylic acids is 1. The monoisotopic (exact) mass is 605 g/mol. The van der Waals surface area contributed by atoms with Crippen molar-refractivity contribution in [1.29, 1.82) is 0 Å². The number of hydrogen-bond acceptors (Lipinski definition) is 9. The number of halogens is 1. The Morgan fingerprint density at radius 3 is 2.93 bits per heavy atom. The fourth-order valence-corrected chi connectivity index (χ4v) is 6.78. The molecule has 2 aromatic heterocycles. The predicted octanol–water partition coefficient (Wildman–Crippen LogP) is 6.10. The molecule has 2 fully saturated rings. The van der Waals surface area contributed by atoms with E-state index in [2.05, 4.69) is 57.6 Å². The van der Waals surface area contributed by atoms with Crippen molar-refractivity contribution >= 4 is 62.5 Å². The molecule has 41 heavy (non-hydrogen) atoms. The molecule has 6 rings (SSSR count). The first-order valence-electron chi connectivity index (χ1n) is 13.3. The highest BCUT2D eigenvalue weighted by molar-refractivity contribution is 7.99. The molecule has 2 aromatic carbocycles. The van der Waals surface area contributed by atoms with E-state index >= 15 is 0 Å². The Morgan fingerprint density at radius 1 is 1.22 bits per heavy atom. The van der Waals surface area contributed by atoms with Crippen molar-refractivity contribution in [3.8, 4) is 11.8 Å². The first-order chi connectivity index (χ1) is 20.0. The Hall–Kier alpha value is -3.33. The highest BCUT2D eigenvalue weighted by atomic mass is 35.5. The number of nitrogens with one attached hydrogen (secondary N) is 2. The molecule has 8 nitrogen and oxygen atoms in total. The van der Waals surface area contributed by atoms with E-state index in [-0.39, 0.29) is 18.2 Å². The van der Waals surface area contributed by atoms with E-state index < -0.39 is 0 Å². The number of hydrogen-bond donors (Lipinski definition) is 2. The van der Waals surface area contributed by atoms with E-state index in [1.54, 1.807) is 23.0 Å². The number of fused-ring (bicyclic) bond motifs is 1. The van der Waals surface area contributed by atoms with Crippen LogP contribution in [0.25, 0.3) is 10.2 Å². The second kappa shape index (κ2) is 12.7. The van der Waals surface area contributed by atoms with E-state index in [0.717, 1.165) is 30.6 Å². The van der Waals surface area contributed by atoms with Gasteiger partial charge in [0.2, 0.25) is 0 Å². The number of aryl methyl sites for hydroxylation is 1. The van der Waals surface area contributed by atoms with Gasteiger partial charge in [0.05, 0.1) is 39.4 Å². The summed E-state index contributed by atoms with van der Waals surface area (Å²) >= 11 is 9.82. The quantitative estimate of drug-likeness (QED) is 0.264. The van der Waals surface area contributed by atoms with Gasteiger partial charge in [0.1, 0.15) is 12.4 Å². The van der Waals surface area contributed by atoms with Gasteiger partial charge in [0.15, 0.2) is 5.82 Å². The molecule has 4 aromatic rings. The molecule has 0 spiro atoms. The Labute approximate surface area is 251 Å². The number of benzene rings is 2. The summed E-state index contributed by atoms with van der Waals surface area (Å²) in [6, 6.07) is 16.2. The number of thiophene rings is 1. The molecule has 0 radical (unpaired) electrons. The van der Waals surface area contributed by atoms with E-state index in [4.69, 9.17) is 21.1 Å². The summed E-state index contributed by atoms with van der Waals surface area (Å²) in [5.41, 5.74) is 2.88. The maximum atomic E-state index is 12.4. The number of nitrogens with zero attached hydrogens (tertiary/aromatic N) is 3. The van der Waals surface area contributed by atoms with E-state index in [1.807, 2.05) is 30.3 Å². The Kier molecular flexibility index (Phi) is 8.60. The van der Waals surface area contributed by atoms with Gasteiger partial charge in [-0.3, -0.25) is 5.32 Å². The van der Waals surface area contributed by atoms with Crippen molar-refractivity contribution in [2.24, 2.45) is 0 Å². The molecule has 11 heteroatoms. The lowest BCUT2D eigenvalue weighted by Crippen LogP contribution is -2.42. The minimum Gasteiger partial charge on any atom is -0.445 e. The van der Waals surface area contributed by atoms with E-state index in [9.17, 15) is 4.79 Å². The Balaban J connectivity index is 1.10. The average Bonchev–Trinajstić information content (AvgIpc) is 3.61. The topological polar surface area (TPSA) is 88.6 Å². The number of amides is 1. The maximum absolute atomic E-state index is 12.4. The second-order valence-corrected chi connectivity index (χ2v) is 12.4. The van der Waals surface area contributed by atoms with Crippen molar-refractivity contribution in [1.82, 2.24) is 20.2 Å². The van der Waals surface area contributed by atoms with Gasteiger partial charge in [-0.25, -0.2) is 14.8 Å². The lowest BCUT2D eigenvalue weighted by atomic mass is 10.2. The van der Waals surface area contributed by atoms with Crippen molar-refractivity contribution in [2.75, 3.05) is 38.2 Å². The molecular formula is C30H28ClN5O3S2. The summed E-state index contributed by atoms with van der Waals surface area (Å²) in [4.78, 5) is 26.0. The number of anilines is 2. The van der Waals surface area contributed by atoms with Gasteiger partial charge in [-0.05, 0) is 43.3 Å². The van der Waals surface area contributed by atoms with Crippen LogP contribution in [0.3, 0.4) is 0 Å². The summed E-state index contributed by atoms with van der Waals surface area (Å²) in [5, 5.41) is 7.41. The third-order valence-corrected chi connectivity index (χ3v) is 9.26. The first kappa shape index (κ1) is 27.8. The number of rotatable bonds is 5. The van der Waals surface area contributed by atoms with Crippen molar-refractivity contribution < 1.29 is 14.3 Å². The van der Waals surface area contributed by atoms with Crippen LogP contribution in [0.2, 0.25) is 5.02 Å². The van der Waals surface area contributed by atoms with Crippen LogP contribution in [0.4, 0.5) is 16.3 Å². The highest BCUT2D eigenvalue weighted by Crippen LogP contribution is 2.37.